The largest absolute Gasteiger partial charge is 0.314 e. The van der Waals surface area contributed by atoms with Gasteiger partial charge in [0.25, 0.3) is 0 Å². The van der Waals surface area contributed by atoms with E-state index in [1.54, 1.807) is 0 Å². The minimum Gasteiger partial charge on any atom is -0.314 e. The SMILES string of the molecule is CCc1nc2c(s1)C(NCc1nnc3n1CCCC3)CCC2. The van der Waals surface area contributed by atoms with Gasteiger partial charge in [-0.25, -0.2) is 4.98 Å². The predicted octanol–water partition coefficient (Wildman–Crippen LogP) is 2.80. The smallest absolute Gasteiger partial charge is 0.147 e. The molecule has 0 aromatic carbocycles. The maximum atomic E-state index is 4.78. The van der Waals surface area contributed by atoms with Crippen molar-refractivity contribution in [3.8, 4) is 0 Å². The van der Waals surface area contributed by atoms with Crippen molar-refractivity contribution in [3.63, 3.8) is 0 Å². The minimum atomic E-state index is 0.443. The first kappa shape index (κ1) is 14.3. The van der Waals surface area contributed by atoms with E-state index in [1.165, 1.54) is 47.1 Å². The number of fused-ring (bicyclic) bond motifs is 2. The van der Waals surface area contributed by atoms with Gasteiger partial charge in [-0.3, -0.25) is 0 Å². The summed E-state index contributed by atoms with van der Waals surface area (Å²) in [6.07, 6.45) is 8.20. The highest BCUT2D eigenvalue weighted by Gasteiger charge is 2.25. The van der Waals surface area contributed by atoms with E-state index < -0.39 is 0 Å². The zero-order chi connectivity index (χ0) is 14.9. The van der Waals surface area contributed by atoms with Crippen molar-refractivity contribution in [1.29, 1.82) is 0 Å². The molecule has 6 heteroatoms. The van der Waals surface area contributed by atoms with Gasteiger partial charge in [0, 0.05) is 23.9 Å². The fourth-order valence-electron chi connectivity index (χ4n) is 3.53. The summed E-state index contributed by atoms with van der Waals surface area (Å²) < 4.78 is 2.31. The first-order valence-corrected chi connectivity index (χ1v) is 9.29. The van der Waals surface area contributed by atoms with Crippen LogP contribution in [0.3, 0.4) is 0 Å². The van der Waals surface area contributed by atoms with Crippen LogP contribution in [0.4, 0.5) is 0 Å². The number of hydrogen-bond acceptors (Lipinski definition) is 5. The van der Waals surface area contributed by atoms with Crippen LogP contribution in [0.2, 0.25) is 0 Å². The third-order valence-electron chi connectivity index (χ3n) is 4.74. The molecular weight excluding hydrogens is 294 g/mol. The van der Waals surface area contributed by atoms with E-state index in [0.29, 0.717) is 6.04 Å². The third-order valence-corrected chi connectivity index (χ3v) is 6.10. The summed E-state index contributed by atoms with van der Waals surface area (Å²) in [7, 11) is 0. The van der Waals surface area contributed by atoms with Gasteiger partial charge in [0.1, 0.15) is 11.6 Å². The Bertz CT molecular complexity index is 660. The van der Waals surface area contributed by atoms with Gasteiger partial charge in [0.2, 0.25) is 0 Å². The quantitative estimate of drug-likeness (QED) is 0.942. The summed E-state index contributed by atoms with van der Waals surface area (Å²) in [6.45, 7) is 4.08. The molecule has 0 fully saturated rings. The molecule has 118 valence electrons. The van der Waals surface area contributed by atoms with Gasteiger partial charge in [-0.15, -0.1) is 21.5 Å². The van der Waals surface area contributed by atoms with Crippen LogP contribution in [-0.4, -0.2) is 19.7 Å². The zero-order valence-corrected chi connectivity index (χ0v) is 14.0. The summed E-state index contributed by atoms with van der Waals surface area (Å²) >= 11 is 1.89. The van der Waals surface area contributed by atoms with Crippen molar-refractivity contribution in [2.45, 2.75) is 71.0 Å². The Kier molecular flexibility index (Phi) is 3.96. The van der Waals surface area contributed by atoms with Crippen LogP contribution >= 0.6 is 11.3 Å². The zero-order valence-electron chi connectivity index (χ0n) is 13.1. The van der Waals surface area contributed by atoms with Gasteiger partial charge >= 0.3 is 0 Å². The second-order valence-electron chi connectivity index (χ2n) is 6.24. The van der Waals surface area contributed by atoms with E-state index in [4.69, 9.17) is 4.98 Å². The Balaban J connectivity index is 1.48. The number of rotatable bonds is 4. The molecule has 1 aliphatic carbocycles. The first-order chi connectivity index (χ1) is 10.8. The second kappa shape index (κ2) is 6.08. The lowest BCUT2D eigenvalue weighted by molar-refractivity contribution is 0.439. The highest BCUT2D eigenvalue weighted by Crippen LogP contribution is 2.34. The number of nitrogens with zero attached hydrogens (tertiary/aromatic N) is 4. The fourth-order valence-corrected chi connectivity index (χ4v) is 4.69. The lowest BCUT2D eigenvalue weighted by Crippen LogP contribution is -2.26. The lowest BCUT2D eigenvalue weighted by atomic mass is 9.98. The maximum absolute atomic E-state index is 4.78. The predicted molar refractivity (Wildman–Crippen MR) is 87.0 cm³/mol. The highest BCUT2D eigenvalue weighted by atomic mass is 32.1. The highest BCUT2D eigenvalue weighted by molar-refractivity contribution is 7.11. The van der Waals surface area contributed by atoms with Crippen LogP contribution in [0.1, 0.15) is 65.9 Å². The second-order valence-corrected chi connectivity index (χ2v) is 7.35. The van der Waals surface area contributed by atoms with E-state index in [2.05, 4.69) is 27.0 Å². The molecule has 1 aliphatic heterocycles. The van der Waals surface area contributed by atoms with E-state index in [0.717, 1.165) is 38.2 Å². The third kappa shape index (κ3) is 2.58. The molecule has 2 aliphatic rings. The summed E-state index contributed by atoms with van der Waals surface area (Å²) in [4.78, 5) is 6.24. The molecule has 1 atom stereocenters. The Morgan fingerprint density at radius 3 is 3.09 bits per heavy atom. The van der Waals surface area contributed by atoms with Gasteiger partial charge in [-0.1, -0.05) is 6.92 Å². The number of aryl methyl sites for hydroxylation is 3. The van der Waals surface area contributed by atoms with Gasteiger partial charge in [-0.05, 0) is 38.5 Å². The van der Waals surface area contributed by atoms with E-state index in [-0.39, 0.29) is 0 Å². The van der Waals surface area contributed by atoms with E-state index >= 15 is 0 Å². The average molecular weight is 317 g/mol. The number of nitrogens with one attached hydrogen (secondary N) is 1. The van der Waals surface area contributed by atoms with Crippen molar-refractivity contribution in [2.24, 2.45) is 0 Å². The Morgan fingerprint density at radius 1 is 1.23 bits per heavy atom. The van der Waals surface area contributed by atoms with Crippen molar-refractivity contribution < 1.29 is 0 Å². The van der Waals surface area contributed by atoms with Crippen molar-refractivity contribution >= 4 is 11.3 Å². The van der Waals surface area contributed by atoms with Gasteiger partial charge in [0.05, 0.1) is 17.2 Å². The van der Waals surface area contributed by atoms with Crippen molar-refractivity contribution in [2.75, 3.05) is 0 Å². The molecule has 0 spiro atoms. The normalized spacial score (nSPS) is 20.7. The maximum Gasteiger partial charge on any atom is 0.147 e. The van der Waals surface area contributed by atoms with Gasteiger partial charge < -0.3 is 9.88 Å². The van der Waals surface area contributed by atoms with Crippen LogP contribution in [-0.2, 0) is 32.4 Å². The molecule has 5 nitrogen and oxygen atoms in total. The number of hydrogen-bond donors (Lipinski definition) is 1. The van der Waals surface area contributed by atoms with Gasteiger partial charge in [-0.2, -0.15) is 0 Å². The van der Waals surface area contributed by atoms with Gasteiger partial charge in [0.15, 0.2) is 0 Å². The Labute approximate surface area is 135 Å². The van der Waals surface area contributed by atoms with Crippen LogP contribution in [0.15, 0.2) is 0 Å². The molecule has 1 unspecified atom stereocenters. The molecule has 0 radical (unpaired) electrons. The number of thiazole rings is 1. The van der Waals surface area contributed by atoms with Crippen molar-refractivity contribution in [1.82, 2.24) is 25.1 Å². The van der Waals surface area contributed by atoms with E-state index in [1.807, 2.05) is 11.3 Å². The molecule has 22 heavy (non-hydrogen) atoms. The molecule has 2 aromatic heterocycles. The van der Waals surface area contributed by atoms with Crippen LogP contribution in [0, 0.1) is 0 Å². The van der Waals surface area contributed by atoms with Crippen LogP contribution in [0.5, 0.6) is 0 Å². The molecule has 4 rings (SSSR count). The summed E-state index contributed by atoms with van der Waals surface area (Å²) in [6, 6.07) is 0.443. The Morgan fingerprint density at radius 2 is 2.18 bits per heavy atom. The van der Waals surface area contributed by atoms with Crippen LogP contribution < -0.4 is 5.32 Å². The first-order valence-electron chi connectivity index (χ1n) is 8.48. The molecule has 0 bridgehead atoms. The Hall–Kier alpha value is -1.27. The molecule has 2 aromatic rings. The summed E-state index contributed by atoms with van der Waals surface area (Å²) in [5.41, 5.74) is 1.33. The number of aromatic nitrogens is 4. The molecule has 0 saturated heterocycles. The summed E-state index contributed by atoms with van der Waals surface area (Å²) in [5.74, 6) is 2.26. The monoisotopic (exact) mass is 317 g/mol. The lowest BCUT2D eigenvalue weighted by Gasteiger charge is -2.23. The molecule has 0 saturated carbocycles. The topological polar surface area (TPSA) is 55.6 Å². The molecule has 0 amide bonds. The summed E-state index contributed by atoms with van der Waals surface area (Å²) in [5, 5.41) is 13.7. The minimum absolute atomic E-state index is 0.443. The van der Waals surface area contributed by atoms with E-state index in [9.17, 15) is 0 Å². The van der Waals surface area contributed by atoms with Crippen molar-refractivity contribution in [3.05, 3.63) is 27.2 Å². The molecule has 1 N–H and O–H groups in total. The van der Waals surface area contributed by atoms with Crippen LogP contribution in [0.25, 0.3) is 0 Å². The standard InChI is InChI=1S/C16H23N5S/c1-2-15-18-12-7-5-6-11(16(12)22-15)17-10-14-20-19-13-8-3-4-9-21(13)14/h11,17H,2-10H2,1H3. The fraction of sp³-hybridized carbons (Fsp3) is 0.688. The molecule has 3 heterocycles. The average Bonchev–Trinajstić information content (AvgIpc) is 3.16. The molecular formula is C16H23N5S.